The number of methoxy groups -OCH3 is 1. The van der Waals surface area contributed by atoms with Crippen LogP contribution in [0, 0.1) is 0 Å². The number of nitrogens with one attached hydrogen (secondary N) is 1. The fourth-order valence-electron chi connectivity index (χ4n) is 7.24. The van der Waals surface area contributed by atoms with Crippen molar-refractivity contribution in [2.75, 3.05) is 12.0 Å². The van der Waals surface area contributed by atoms with E-state index < -0.39 is 6.36 Å². The summed E-state index contributed by atoms with van der Waals surface area (Å²) >= 11 is 1.66. The van der Waals surface area contributed by atoms with Gasteiger partial charge in [-0.15, -0.1) is 13.2 Å². The van der Waals surface area contributed by atoms with Crippen LogP contribution in [0.25, 0.3) is 21.5 Å². The summed E-state index contributed by atoms with van der Waals surface area (Å²) in [6.07, 6.45) is 3.42. The fourth-order valence-corrected chi connectivity index (χ4v) is 8.43. The highest BCUT2D eigenvalue weighted by molar-refractivity contribution is 7.22. The van der Waals surface area contributed by atoms with Gasteiger partial charge >= 0.3 is 12.3 Å². The lowest BCUT2D eigenvalue weighted by Crippen LogP contribution is -2.49. The number of rotatable bonds is 9. The summed E-state index contributed by atoms with van der Waals surface area (Å²) < 4.78 is 55.7. The summed E-state index contributed by atoms with van der Waals surface area (Å²) in [7, 11) is 1.41. The van der Waals surface area contributed by atoms with E-state index in [1.165, 1.54) is 19.2 Å². The van der Waals surface area contributed by atoms with Crippen LogP contribution >= 0.6 is 11.3 Å². The Hall–Kier alpha value is -3.64. The fraction of sp³-hybridized carbons (Fsp3) is 0.485. The lowest BCUT2D eigenvalue weighted by atomic mass is 9.97. The minimum absolute atomic E-state index is 0.234. The number of fused-ring (bicyclic) bond motifs is 3. The molecular weight excluding hydrogens is 605 g/mol. The van der Waals surface area contributed by atoms with E-state index in [1.807, 2.05) is 12.1 Å². The van der Waals surface area contributed by atoms with Crippen molar-refractivity contribution in [2.24, 2.45) is 0 Å². The van der Waals surface area contributed by atoms with Gasteiger partial charge in [-0.2, -0.15) is 0 Å². The van der Waals surface area contributed by atoms with Gasteiger partial charge in [0.15, 0.2) is 5.13 Å². The molecule has 4 heterocycles. The molecule has 2 bridgehead atoms. The van der Waals surface area contributed by atoms with Crippen LogP contribution in [0.5, 0.6) is 5.75 Å². The lowest BCUT2D eigenvalue weighted by Gasteiger charge is -2.39. The van der Waals surface area contributed by atoms with E-state index in [0.29, 0.717) is 35.8 Å². The van der Waals surface area contributed by atoms with Gasteiger partial charge in [-0.05, 0) is 87.1 Å². The van der Waals surface area contributed by atoms with Gasteiger partial charge in [-0.1, -0.05) is 28.6 Å². The maximum Gasteiger partial charge on any atom is 0.573 e. The second-order valence-electron chi connectivity index (χ2n) is 12.7. The number of benzene rings is 2. The van der Waals surface area contributed by atoms with Crippen LogP contribution in [0.4, 0.5) is 18.3 Å². The van der Waals surface area contributed by atoms with Crippen LogP contribution in [0.1, 0.15) is 90.4 Å². The summed E-state index contributed by atoms with van der Waals surface area (Å²) in [5, 5.41) is 8.99. The van der Waals surface area contributed by atoms with Crippen molar-refractivity contribution in [1.82, 2.24) is 15.5 Å². The number of hydrogen-bond acceptors (Lipinski definition) is 9. The molecule has 0 spiro atoms. The van der Waals surface area contributed by atoms with Gasteiger partial charge in [0.05, 0.1) is 22.9 Å². The Balaban J connectivity index is 1.02. The average molecular weight is 639 g/mol. The van der Waals surface area contributed by atoms with Gasteiger partial charge in [0, 0.05) is 41.7 Å². The van der Waals surface area contributed by atoms with Crippen LogP contribution in [-0.2, 0) is 11.3 Å². The van der Waals surface area contributed by atoms with Crippen LogP contribution in [0.2, 0.25) is 0 Å². The summed E-state index contributed by atoms with van der Waals surface area (Å²) in [6.45, 7) is 0.456. The molecule has 2 aromatic carbocycles. The highest BCUT2D eigenvalue weighted by Crippen LogP contribution is 2.48. The van der Waals surface area contributed by atoms with E-state index in [4.69, 9.17) is 14.2 Å². The largest absolute Gasteiger partial charge is 0.573 e. The number of hydrogen-bond donors (Lipinski definition) is 1. The molecule has 4 fully saturated rings. The number of carbonyl (C=O) groups is 1. The molecule has 45 heavy (non-hydrogen) atoms. The topological polar surface area (TPSA) is 89.7 Å². The zero-order valence-corrected chi connectivity index (χ0v) is 25.5. The molecule has 2 saturated heterocycles. The first-order chi connectivity index (χ1) is 21.8. The van der Waals surface area contributed by atoms with Crippen LogP contribution < -0.4 is 15.0 Å². The molecule has 8 nitrogen and oxygen atoms in total. The highest BCUT2D eigenvalue weighted by atomic mass is 32.1. The SMILES string of the molecule is COC(=O)c1cc(C2CC2)c2nc(N3C4CCC3CC(NCc3c(-c5ccccc5OC(F)(F)F)noc3C3CC3)C4)sc2c1. The molecule has 2 aliphatic carbocycles. The molecule has 2 unspecified atom stereocenters. The molecule has 2 atom stereocenters. The second-order valence-corrected chi connectivity index (χ2v) is 13.7. The normalized spacial score (nSPS) is 23.1. The van der Waals surface area contributed by atoms with E-state index in [-0.39, 0.29) is 29.2 Å². The summed E-state index contributed by atoms with van der Waals surface area (Å²) in [6, 6.07) is 10.9. The predicted octanol–water partition coefficient (Wildman–Crippen LogP) is 7.68. The second kappa shape index (κ2) is 11.0. The molecule has 0 amide bonds. The number of anilines is 1. The number of esters is 1. The van der Waals surface area contributed by atoms with Gasteiger partial charge < -0.3 is 24.2 Å². The van der Waals surface area contributed by atoms with Crippen LogP contribution in [-0.4, -0.2) is 47.7 Å². The van der Waals surface area contributed by atoms with Crippen LogP contribution in [0.15, 0.2) is 40.9 Å². The Morgan fingerprint density at radius 1 is 1.07 bits per heavy atom. The zero-order chi connectivity index (χ0) is 30.9. The molecular formula is C33H33F3N4O4S. The quantitative estimate of drug-likeness (QED) is 0.187. The minimum Gasteiger partial charge on any atom is -0.465 e. The predicted molar refractivity (Wildman–Crippen MR) is 163 cm³/mol. The van der Waals surface area contributed by atoms with Gasteiger partial charge in [0.1, 0.15) is 17.2 Å². The van der Waals surface area contributed by atoms with Crippen molar-refractivity contribution >= 4 is 32.7 Å². The average Bonchev–Trinajstić information content (AvgIpc) is 3.94. The standard InChI is InChI=1S/C33H33F3N4O4S/c1-42-31(41)19-12-24(17-6-7-17)29-27(13-19)45-32(38-29)40-21-10-11-22(40)15-20(14-21)37-16-25-28(39-44-30(25)18-8-9-18)23-4-2-3-5-26(23)43-33(34,35)36/h2-5,12-13,17-18,20-22,37H,6-11,14-16H2,1H3. The maximum atomic E-state index is 13.2. The van der Waals surface area contributed by atoms with Crippen molar-refractivity contribution in [3.8, 4) is 17.0 Å². The third-order valence-electron chi connectivity index (χ3n) is 9.61. The third-order valence-corrected chi connectivity index (χ3v) is 10.6. The molecule has 0 radical (unpaired) electrons. The Bertz CT molecular complexity index is 1750. The molecule has 4 aliphatic rings. The van der Waals surface area contributed by atoms with Gasteiger partial charge in [0.25, 0.3) is 0 Å². The number of carbonyl (C=O) groups excluding carboxylic acids is 1. The summed E-state index contributed by atoms with van der Waals surface area (Å²) in [5.74, 6) is 0.849. The first-order valence-electron chi connectivity index (χ1n) is 15.6. The maximum absolute atomic E-state index is 13.2. The Morgan fingerprint density at radius 2 is 1.80 bits per heavy atom. The Morgan fingerprint density at radius 3 is 2.49 bits per heavy atom. The molecule has 8 rings (SSSR count). The smallest absolute Gasteiger partial charge is 0.465 e. The van der Waals surface area contributed by atoms with Gasteiger partial charge in [-0.25, -0.2) is 9.78 Å². The van der Waals surface area contributed by atoms with Gasteiger partial charge in [-0.3, -0.25) is 0 Å². The summed E-state index contributed by atoms with van der Waals surface area (Å²) in [4.78, 5) is 20.0. The number of piperidine rings is 1. The van der Waals surface area contributed by atoms with Crippen molar-refractivity contribution in [3.05, 3.63) is 58.8 Å². The molecule has 12 heteroatoms. The van der Waals surface area contributed by atoms with E-state index in [0.717, 1.165) is 83.6 Å². The first kappa shape index (κ1) is 28.8. The molecule has 2 saturated carbocycles. The van der Waals surface area contributed by atoms with Crippen molar-refractivity contribution < 1.29 is 32.0 Å². The molecule has 236 valence electrons. The van der Waals surface area contributed by atoms with Crippen molar-refractivity contribution in [3.63, 3.8) is 0 Å². The first-order valence-corrected chi connectivity index (χ1v) is 16.5. The monoisotopic (exact) mass is 638 g/mol. The Labute approximate surface area is 261 Å². The minimum atomic E-state index is -4.81. The Kier molecular flexibility index (Phi) is 7.05. The van der Waals surface area contributed by atoms with E-state index in [1.54, 1.807) is 23.5 Å². The van der Waals surface area contributed by atoms with Crippen LogP contribution in [0.3, 0.4) is 0 Å². The zero-order valence-electron chi connectivity index (χ0n) is 24.7. The number of alkyl halides is 3. The number of thiazole rings is 1. The third kappa shape index (κ3) is 5.56. The van der Waals surface area contributed by atoms with E-state index in [2.05, 4.69) is 20.1 Å². The van der Waals surface area contributed by atoms with Crippen molar-refractivity contribution in [1.29, 1.82) is 0 Å². The molecule has 1 N–H and O–H groups in total. The molecule has 2 aliphatic heterocycles. The highest BCUT2D eigenvalue weighted by Gasteiger charge is 2.43. The van der Waals surface area contributed by atoms with E-state index >= 15 is 0 Å². The number of nitrogens with zero attached hydrogens (tertiary/aromatic N) is 3. The van der Waals surface area contributed by atoms with Crippen molar-refractivity contribution in [2.45, 2.75) is 94.2 Å². The van der Waals surface area contributed by atoms with Gasteiger partial charge in [0.2, 0.25) is 0 Å². The van der Waals surface area contributed by atoms with E-state index in [9.17, 15) is 18.0 Å². The number of ether oxygens (including phenoxy) is 2. The number of aromatic nitrogens is 2. The molecule has 2 aromatic heterocycles. The lowest BCUT2D eigenvalue weighted by molar-refractivity contribution is -0.274. The number of halogens is 3. The number of para-hydroxylation sites is 1. The molecule has 4 aromatic rings. The summed E-state index contributed by atoms with van der Waals surface area (Å²) in [5.41, 5.74) is 4.22.